The van der Waals surface area contributed by atoms with Crippen LogP contribution in [-0.2, 0) is 4.74 Å². The van der Waals surface area contributed by atoms with Crippen LogP contribution in [0.5, 0.6) is 0 Å². The van der Waals surface area contributed by atoms with E-state index in [1.807, 2.05) is 24.3 Å². The number of carbonyl (C=O) groups excluding carboxylic acids is 1. The van der Waals surface area contributed by atoms with E-state index in [2.05, 4.69) is 18.7 Å². The quantitative estimate of drug-likeness (QED) is 0.616. The van der Waals surface area contributed by atoms with Crippen molar-refractivity contribution in [3.63, 3.8) is 0 Å². The fourth-order valence-electron chi connectivity index (χ4n) is 2.29. The molecule has 1 heterocycles. The van der Waals surface area contributed by atoms with E-state index in [-0.39, 0.29) is 5.78 Å². The number of thioether (sulfide) groups is 1. The van der Waals surface area contributed by atoms with Crippen LogP contribution in [0, 0.1) is 0 Å². The summed E-state index contributed by atoms with van der Waals surface area (Å²) in [5.41, 5.74) is 0.772. The lowest BCUT2D eigenvalue weighted by molar-refractivity contribution is -0.0265. The number of hydrogen-bond donors (Lipinski definition) is 0. The summed E-state index contributed by atoms with van der Waals surface area (Å²) in [5.74, 6) is 1.08. The summed E-state index contributed by atoms with van der Waals surface area (Å²) in [6.45, 7) is 8.93. The predicted octanol–water partition coefficient (Wildman–Crippen LogP) is 3.09. The summed E-state index contributed by atoms with van der Waals surface area (Å²) in [5, 5.41) is 0. The Morgan fingerprint density at radius 3 is 2.70 bits per heavy atom. The van der Waals surface area contributed by atoms with Gasteiger partial charge in [0.25, 0.3) is 0 Å². The van der Waals surface area contributed by atoms with Crippen molar-refractivity contribution < 1.29 is 9.53 Å². The highest BCUT2D eigenvalue weighted by molar-refractivity contribution is 7.99. The Hall–Kier alpha value is -0.840. The zero-order valence-corrected chi connectivity index (χ0v) is 13.3. The van der Waals surface area contributed by atoms with Gasteiger partial charge in [0.2, 0.25) is 0 Å². The minimum atomic E-state index is 0.115. The minimum Gasteiger partial charge on any atom is -0.375 e. The molecular formula is C16H23NO2S. The van der Waals surface area contributed by atoms with Crippen LogP contribution in [0.3, 0.4) is 0 Å². The Morgan fingerprint density at radius 2 is 2.10 bits per heavy atom. The van der Waals surface area contributed by atoms with Gasteiger partial charge < -0.3 is 4.74 Å². The first-order valence-corrected chi connectivity index (χ1v) is 8.14. The molecule has 3 nitrogen and oxygen atoms in total. The lowest BCUT2D eigenvalue weighted by Gasteiger charge is -2.35. The number of morpholine rings is 1. The highest BCUT2D eigenvalue weighted by atomic mass is 32.2. The van der Waals surface area contributed by atoms with Gasteiger partial charge in [-0.15, -0.1) is 11.8 Å². The Kier molecular flexibility index (Phi) is 5.64. The number of ketones is 1. The molecule has 0 N–H and O–H groups in total. The average Bonchev–Trinajstić information content (AvgIpc) is 2.46. The van der Waals surface area contributed by atoms with Gasteiger partial charge in [-0.2, -0.15) is 0 Å². The first-order chi connectivity index (χ1) is 9.56. The van der Waals surface area contributed by atoms with Gasteiger partial charge in [-0.3, -0.25) is 9.69 Å². The van der Waals surface area contributed by atoms with Crippen molar-refractivity contribution in [1.29, 1.82) is 0 Å². The van der Waals surface area contributed by atoms with Gasteiger partial charge >= 0.3 is 0 Å². The molecule has 1 aliphatic heterocycles. The number of rotatable bonds is 5. The summed E-state index contributed by atoms with van der Waals surface area (Å²) in [4.78, 5) is 14.9. The average molecular weight is 293 g/mol. The molecule has 0 aliphatic carbocycles. The highest BCUT2D eigenvalue weighted by Crippen LogP contribution is 2.22. The Bertz CT molecular complexity index is 444. The van der Waals surface area contributed by atoms with Crippen molar-refractivity contribution in [1.82, 2.24) is 4.90 Å². The van der Waals surface area contributed by atoms with Crippen LogP contribution in [0.4, 0.5) is 0 Å². The third kappa shape index (κ3) is 4.33. The molecular weight excluding hydrogens is 270 g/mol. The minimum absolute atomic E-state index is 0.115. The SMILES string of the molecule is CC(=O)c1ccc(SCC2CN(C(C)C)CCO2)cc1. The van der Waals surface area contributed by atoms with E-state index in [1.54, 1.807) is 18.7 Å². The molecule has 0 amide bonds. The number of hydrogen-bond acceptors (Lipinski definition) is 4. The van der Waals surface area contributed by atoms with Crippen LogP contribution < -0.4 is 0 Å². The van der Waals surface area contributed by atoms with E-state index in [0.29, 0.717) is 12.1 Å². The molecule has 110 valence electrons. The maximum atomic E-state index is 11.2. The largest absolute Gasteiger partial charge is 0.375 e. The second kappa shape index (κ2) is 7.25. The summed E-state index contributed by atoms with van der Waals surface area (Å²) >= 11 is 1.80. The van der Waals surface area contributed by atoms with Crippen molar-refractivity contribution >= 4 is 17.5 Å². The number of benzene rings is 1. The zero-order chi connectivity index (χ0) is 14.5. The number of nitrogens with zero attached hydrogens (tertiary/aromatic N) is 1. The Balaban J connectivity index is 1.84. The molecule has 20 heavy (non-hydrogen) atoms. The maximum absolute atomic E-state index is 11.2. The van der Waals surface area contributed by atoms with Gasteiger partial charge in [0.1, 0.15) is 0 Å². The van der Waals surface area contributed by atoms with E-state index in [1.165, 1.54) is 4.90 Å². The third-order valence-corrected chi connectivity index (χ3v) is 4.74. The Labute approximate surface area is 125 Å². The predicted molar refractivity (Wildman–Crippen MR) is 83.6 cm³/mol. The maximum Gasteiger partial charge on any atom is 0.159 e. The van der Waals surface area contributed by atoms with Gasteiger partial charge in [-0.25, -0.2) is 0 Å². The van der Waals surface area contributed by atoms with E-state index in [4.69, 9.17) is 4.74 Å². The van der Waals surface area contributed by atoms with Crippen LogP contribution in [0.15, 0.2) is 29.2 Å². The van der Waals surface area contributed by atoms with E-state index in [9.17, 15) is 4.79 Å². The van der Waals surface area contributed by atoms with Crippen LogP contribution in [0.1, 0.15) is 31.1 Å². The van der Waals surface area contributed by atoms with Crippen LogP contribution in [0.2, 0.25) is 0 Å². The van der Waals surface area contributed by atoms with Crippen molar-refractivity contribution in [2.75, 3.05) is 25.4 Å². The molecule has 1 fully saturated rings. The van der Waals surface area contributed by atoms with Crippen molar-refractivity contribution in [2.45, 2.75) is 37.8 Å². The van der Waals surface area contributed by atoms with E-state index >= 15 is 0 Å². The molecule has 0 radical (unpaired) electrons. The molecule has 0 spiro atoms. The topological polar surface area (TPSA) is 29.5 Å². The van der Waals surface area contributed by atoms with Gasteiger partial charge in [-0.05, 0) is 32.9 Å². The molecule has 1 unspecified atom stereocenters. The normalized spacial score (nSPS) is 20.3. The number of ether oxygens (including phenoxy) is 1. The summed E-state index contributed by atoms with van der Waals surface area (Å²) in [6, 6.07) is 8.41. The third-order valence-electron chi connectivity index (χ3n) is 3.60. The van der Waals surface area contributed by atoms with Crippen molar-refractivity contribution in [3.8, 4) is 0 Å². The van der Waals surface area contributed by atoms with E-state index < -0.39 is 0 Å². The summed E-state index contributed by atoms with van der Waals surface area (Å²) in [7, 11) is 0. The zero-order valence-electron chi connectivity index (χ0n) is 12.5. The summed E-state index contributed by atoms with van der Waals surface area (Å²) < 4.78 is 5.83. The number of Topliss-reactive ketones (excluding diaryl/α,β-unsaturated/α-hetero) is 1. The van der Waals surface area contributed by atoms with Crippen molar-refractivity contribution in [3.05, 3.63) is 29.8 Å². The first-order valence-electron chi connectivity index (χ1n) is 7.15. The molecule has 0 bridgehead atoms. The van der Waals surface area contributed by atoms with E-state index in [0.717, 1.165) is 31.0 Å². The molecule has 1 aromatic rings. The molecule has 0 saturated carbocycles. The van der Waals surface area contributed by atoms with Gasteiger partial charge in [0.15, 0.2) is 5.78 Å². The molecule has 1 saturated heterocycles. The second-order valence-corrected chi connectivity index (χ2v) is 6.57. The second-order valence-electron chi connectivity index (χ2n) is 5.47. The van der Waals surface area contributed by atoms with Gasteiger partial charge in [0.05, 0.1) is 12.7 Å². The molecule has 1 atom stereocenters. The lowest BCUT2D eigenvalue weighted by atomic mass is 10.2. The molecule has 1 aromatic carbocycles. The van der Waals surface area contributed by atoms with Crippen LogP contribution >= 0.6 is 11.8 Å². The summed E-state index contributed by atoms with van der Waals surface area (Å²) in [6.07, 6.45) is 0.295. The smallest absolute Gasteiger partial charge is 0.159 e. The highest BCUT2D eigenvalue weighted by Gasteiger charge is 2.22. The van der Waals surface area contributed by atoms with Crippen LogP contribution in [-0.4, -0.2) is 48.3 Å². The standard InChI is InChI=1S/C16H23NO2S/c1-12(2)17-8-9-19-15(10-17)11-20-16-6-4-14(5-7-16)13(3)18/h4-7,12,15H,8-11H2,1-3H3. The molecule has 1 aliphatic rings. The molecule has 2 rings (SSSR count). The molecule has 0 aromatic heterocycles. The monoisotopic (exact) mass is 293 g/mol. The fraction of sp³-hybridized carbons (Fsp3) is 0.562. The fourth-order valence-corrected chi connectivity index (χ4v) is 3.20. The van der Waals surface area contributed by atoms with Gasteiger partial charge in [0, 0.05) is 35.3 Å². The first kappa shape index (κ1) is 15.5. The van der Waals surface area contributed by atoms with Gasteiger partial charge in [-0.1, -0.05) is 12.1 Å². The van der Waals surface area contributed by atoms with Crippen molar-refractivity contribution in [2.24, 2.45) is 0 Å². The lowest BCUT2D eigenvalue weighted by Crippen LogP contribution is -2.46. The molecule has 4 heteroatoms. The Morgan fingerprint density at radius 1 is 1.40 bits per heavy atom. The van der Waals surface area contributed by atoms with Crippen LogP contribution in [0.25, 0.3) is 0 Å². The number of carbonyl (C=O) groups is 1.